The van der Waals surface area contributed by atoms with Crippen LogP contribution in [0.4, 0.5) is 0 Å². The highest BCUT2D eigenvalue weighted by atomic mass is 127. The Hall–Kier alpha value is 0.730. The molecule has 0 aliphatic rings. The largest absolute Gasteiger partial charge is 0.0861 e. The lowest BCUT2D eigenvalue weighted by Crippen LogP contribution is -2.02. The molecule has 0 aromatic rings. The Kier molecular flexibility index (Phi) is 5.96. The highest BCUT2D eigenvalue weighted by Gasteiger charge is 2.04. The van der Waals surface area contributed by atoms with E-state index in [0.29, 0.717) is 0 Å². The average molecular weight is 240 g/mol. The van der Waals surface area contributed by atoms with Gasteiger partial charge in [-0.1, -0.05) is 49.8 Å². The fourth-order valence-electron chi connectivity index (χ4n) is 0.917. The Bertz CT molecular complexity index is 53.6. The van der Waals surface area contributed by atoms with E-state index in [4.69, 9.17) is 0 Å². The van der Waals surface area contributed by atoms with Crippen LogP contribution in [0.1, 0.15) is 33.6 Å². The molecular weight excluding hydrogens is 223 g/mol. The third-order valence-electron chi connectivity index (χ3n) is 1.77. The van der Waals surface area contributed by atoms with Gasteiger partial charge in [-0.3, -0.25) is 0 Å². The van der Waals surface area contributed by atoms with Crippen molar-refractivity contribution < 1.29 is 0 Å². The van der Waals surface area contributed by atoms with E-state index in [2.05, 4.69) is 43.4 Å². The van der Waals surface area contributed by atoms with Crippen LogP contribution in [0.15, 0.2) is 0 Å². The van der Waals surface area contributed by atoms with Crippen LogP contribution in [0.2, 0.25) is 0 Å². The summed E-state index contributed by atoms with van der Waals surface area (Å²) in [6.07, 6.45) is 2.74. The second-order valence-electron chi connectivity index (χ2n) is 3.01. The van der Waals surface area contributed by atoms with Crippen molar-refractivity contribution in [1.82, 2.24) is 0 Å². The molecule has 0 aliphatic carbocycles. The van der Waals surface area contributed by atoms with Crippen molar-refractivity contribution in [3.05, 3.63) is 0 Å². The summed E-state index contributed by atoms with van der Waals surface area (Å²) in [5.41, 5.74) is 0. The van der Waals surface area contributed by atoms with Crippen LogP contribution >= 0.6 is 22.6 Å². The average Bonchev–Trinajstić information content (AvgIpc) is 1.87. The molecule has 0 N–H and O–H groups in total. The van der Waals surface area contributed by atoms with Crippen molar-refractivity contribution in [1.29, 1.82) is 0 Å². The van der Waals surface area contributed by atoms with E-state index in [9.17, 15) is 0 Å². The van der Waals surface area contributed by atoms with Gasteiger partial charge in [-0.15, -0.1) is 0 Å². The molecule has 0 amide bonds. The molecule has 0 saturated heterocycles. The summed E-state index contributed by atoms with van der Waals surface area (Å²) in [5.74, 6) is 1.84. The Morgan fingerprint density at radius 3 is 2.11 bits per heavy atom. The summed E-state index contributed by atoms with van der Waals surface area (Å²) in [4.78, 5) is 0. The standard InChI is InChI=1S/C8H17I/c1-4-7(2)5-8(3)6-9/h7-8H,4-6H2,1-3H3. The zero-order valence-electron chi connectivity index (χ0n) is 6.65. The maximum atomic E-state index is 2.46. The van der Waals surface area contributed by atoms with Gasteiger partial charge < -0.3 is 0 Å². The lowest BCUT2D eigenvalue weighted by Gasteiger charge is -2.12. The van der Waals surface area contributed by atoms with Crippen molar-refractivity contribution >= 4 is 22.6 Å². The normalized spacial score (nSPS) is 17.3. The Morgan fingerprint density at radius 2 is 1.78 bits per heavy atom. The summed E-state index contributed by atoms with van der Waals surface area (Å²) in [7, 11) is 0. The van der Waals surface area contributed by atoms with Crippen LogP contribution < -0.4 is 0 Å². The van der Waals surface area contributed by atoms with E-state index in [1.165, 1.54) is 17.3 Å². The van der Waals surface area contributed by atoms with E-state index in [0.717, 1.165) is 11.8 Å². The van der Waals surface area contributed by atoms with Crippen molar-refractivity contribution in [3.63, 3.8) is 0 Å². The predicted molar refractivity (Wildman–Crippen MR) is 52.1 cm³/mol. The summed E-state index contributed by atoms with van der Waals surface area (Å²) in [6, 6.07) is 0. The van der Waals surface area contributed by atoms with Gasteiger partial charge in [0.2, 0.25) is 0 Å². The van der Waals surface area contributed by atoms with Gasteiger partial charge in [-0.05, 0) is 18.3 Å². The zero-order valence-corrected chi connectivity index (χ0v) is 8.81. The van der Waals surface area contributed by atoms with Gasteiger partial charge in [0.15, 0.2) is 0 Å². The van der Waals surface area contributed by atoms with Crippen LogP contribution in [0, 0.1) is 11.8 Å². The number of hydrogen-bond donors (Lipinski definition) is 0. The molecule has 0 heterocycles. The van der Waals surface area contributed by atoms with Crippen LogP contribution in [0.25, 0.3) is 0 Å². The molecule has 0 bridgehead atoms. The Labute approximate surface area is 72.6 Å². The monoisotopic (exact) mass is 240 g/mol. The molecule has 1 heteroatoms. The highest BCUT2D eigenvalue weighted by Crippen LogP contribution is 2.15. The molecule has 0 aliphatic heterocycles. The molecule has 0 radical (unpaired) electrons. The number of hydrogen-bond acceptors (Lipinski definition) is 0. The SMILES string of the molecule is CCC(C)CC(C)CI. The topological polar surface area (TPSA) is 0 Å². The van der Waals surface area contributed by atoms with Gasteiger partial charge in [0.1, 0.15) is 0 Å². The number of rotatable bonds is 4. The summed E-state index contributed by atoms with van der Waals surface area (Å²) < 4.78 is 1.31. The summed E-state index contributed by atoms with van der Waals surface area (Å²) in [6.45, 7) is 6.94. The minimum atomic E-state index is 0.917. The lowest BCUT2D eigenvalue weighted by molar-refractivity contribution is 0.436. The fourth-order valence-corrected chi connectivity index (χ4v) is 1.28. The third kappa shape index (κ3) is 5.19. The number of alkyl halides is 1. The Morgan fingerprint density at radius 1 is 1.22 bits per heavy atom. The molecule has 0 fully saturated rings. The summed E-state index contributed by atoms with van der Waals surface area (Å²) in [5, 5.41) is 0. The van der Waals surface area contributed by atoms with Crippen molar-refractivity contribution in [2.75, 3.05) is 4.43 Å². The number of halogens is 1. The molecular formula is C8H17I. The molecule has 0 saturated carbocycles. The molecule has 0 aromatic carbocycles. The predicted octanol–water partition coefficient (Wildman–Crippen LogP) is 3.49. The van der Waals surface area contributed by atoms with E-state index in [1.807, 2.05) is 0 Å². The smallest absolute Gasteiger partial charge is 0.00211 e. The minimum Gasteiger partial charge on any atom is -0.0861 e. The fraction of sp³-hybridized carbons (Fsp3) is 1.00. The molecule has 2 unspecified atom stereocenters. The maximum absolute atomic E-state index is 2.46. The van der Waals surface area contributed by atoms with Gasteiger partial charge in [0, 0.05) is 4.43 Å². The van der Waals surface area contributed by atoms with Crippen LogP contribution in [-0.4, -0.2) is 4.43 Å². The van der Waals surface area contributed by atoms with Gasteiger partial charge in [0.05, 0.1) is 0 Å². The van der Waals surface area contributed by atoms with E-state index in [1.54, 1.807) is 0 Å². The van der Waals surface area contributed by atoms with Crippen LogP contribution in [0.5, 0.6) is 0 Å². The third-order valence-corrected chi connectivity index (χ3v) is 3.27. The first kappa shape index (κ1) is 9.73. The summed E-state index contributed by atoms with van der Waals surface area (Å²) >= 11 is 2.46. The van der Waals surface area contributed by atoms with Crippen LogP contribution in [-0.2, 0) is 0 Å². The van der Waals surface area contributed by atoms with Gasteiger partial charge in [-0.2, -0.15) is 0 Å². The zero-order chi connectivity index (χ0) is 7.28. The molecule has 0 spiro atoms. The van der Waals surface area contributed by atoms with Gasteiger partial charge >= 0.3 is 0 Å². The lowest BCUT2D eigenvalue weighted by atomic mass is 9.97. The first-order valence-electron chi connectivity index (χ1n) is 3.76. The first-order chi connectivity index (χ1) is 4.20. The molecule has 9 heavy (non-hydrogen) atoms. The van der Waals surface area contributed by atoms with Gasteiger partial charge in [0.25, 0.3) is 0 Å². The maximum Gasteiger partial charge on any atom is 0.00211 e. The van der Waals surface area contributed by atoms with E-state index >= 15 is 0 Å². The van der Waals surface area contributed by atoms with Gasteiger partial charge in [-0.25, -0.2) is 0 Å². The second-order valence-corrected chi connectivity index (χ2v) is 3.89. The molecule has 0 rings (SSSR count). The molecule has 0 aromatic heterocycles. The second kappa shape index (κ2) is 5.51. The molecule has 0 nitrogen and oxygen atoms in total. The van der Waals surface area contributed by atoms with Crippen molar-refractivity contribution in [2.45, 2.75) is 33.6 Å². The van der Waals surface area contributed by atoms with Crippen LogP contribution in [0.3, 0.4) is 0 Å². The highest BCUT2D eigenvalue weighted by molar-refractivity contribution is 14.1. The minimum absolute atomic E-state index is 0.917. The molecule has 56 valence electrons. The molecule has 2 atom stereocenters. The quantitative estimate of drug-likeness (QED) is 0.521. The van der Waals surface area contributed by atoms with Crippen molar-refractivity contribution in [2.24, 2.45) is 11.8 Å². The van der Waals surface area contributed by atoms with E-state index < -0.39 is 0 Å². The van der Waals surface area contributed by atoms with Crippen molar-refractivity contribution in [3.8, 4) is 0 Å². The Balaban J connectivity index is 3.22. The first-order valence-corrected chi connectivity index (χ1v) is 5.29. The van der Waals surface area contributed by atoms with E-state index in [-0.39, 0.29) is 0 Å².